The van der Waals surface area contributed by atoms with Gasteiger partial charge in [-0.05, 0) is 38.1 Å². The van der Waals surface area contributed by atoms with Crippen LogP contribution in [0.1, 0.15) is 38.8 Å². The molecule has 3 heteroatoms. The van der Waals surface area contributed by atoms with E-state index in [4.69, 9.17) is 5.73 Å². The molecule has 0 aliphatic carbocycles. The molecular weight excluding hydrogens is 276 g/mol. The van der Waals surface area contributed by atoms with Crippen LogP contribution in [-0.4, -0.2) is 24.0 Å². The van der Waals surface area contributed by atoms with Gasteiger partial charge in [0.15, 0.2) is 0 Å². The van der Waals surface area contributed by atoms with Gasteiger partial charge < -0.3 is 5.73 Å². The van der Waals surface area contributed by atoms with Crippen LogP contribution in [0.15, 0.2) is 28.7 Å². The van der Waals surface area contributed by atoms with Gasteiger partial charge in [0.1, 0.15) is 0 Å². The first-order valence-electron chi connectivity index (χ1n) is 6.35. The molecule has 0 fully saturated rings. The van der Waals surface area contributed by atoms with Crippen molar-refractivity contribution in [2.45, 2.75) is 39.3 Å². The molecule has 2 atom stereocenters. The van der Waals surface area contributed by atoms with Crippen molar-refractivity contribution in [3.8, 4) is 0 Å². The number of rotatable bonds is 6. The minimum Gasteiger partial charge on any atom is -0.326 e. The normalized spacial score (nSPS) is 14.9. The number of hydrogen-bond donors (Lipinski definition) is 1. The smallest absolute Gasteiger partial charge is 0.0507 e. The van der Waals surface area contributed by atoms with Gasteiger partial charge in [-0.15, -0.1) is 0 Å². The molecule has 0 saturated carbocycles. The van der Waals surface area contributed by atoms with Gasteiger partial charge in [-0.1, -0.05) is 48.0 Å². The van der Waals surface area contributed by atoms with Crippen LogP contribution in [0.4, 0.5) is 0 Å². The van der Waals surface area contributed by atoms with Crippen LogP contribution in [0.2, 0.25) is 0 Å². The summed E-state index contributed by atoms with van der Waals surface area (Å²) in [4.78, 5) is 2.45. The summed E-state index contributed by atoms with van der Waals surface area (Å²) in [6, 6.07) is 8.79. The lowest BCUT2D eigenvalue weighted by molar-refractivity contribution is 0.185. The summed E-state index contributed by atoms with van der Waals surface area (Å²) in [7, 11) is 0. The van der Waals surface area contributed by atoms with Crippen molar-refractivity contribution in [1.82, 2.24) is 4.90 Å². The standard InChI is InChI=1S/C14H23BrN2/c1-4-10-17(5-2)14(11(3)16)12-8-6-7-9-13(12)15/h6-9,11,14H,4-5,10,16H2,1-3H3. The van der Waals surface area contributed by atoms with Crippen LogP contribution >= 0.6 is 15.9 Å². The van der Waals surface area contributed by atoms with Crippen molar-refractivity contribution in [2.75, 3.05) is 13.1 Å². The van der Waals surface area contributed by atoms with Gasteiger partial charge in [-0.2, -0.15) is 0 Å². The van der Waals surface area contributed by atoms with E-state index in [-0.39, 0.29) is 12.1 Å². The third-order valence-electron chi connectivity index (χ3n) is 3.03. The van der Waals surface area contributed by atoms with Crippen molar-refractivity contribution in [1.29, 1.82) is 0 Å². The first kappa shape index (κ1) is 14.7. The molecule has 0 spiro atoms. The second kappa shape index (κ2) is 7.14. The second-order valence-electron chi connectivity index (χ2n) is 4.45. The SMILES string of the molecule is CCCN(CC)C(c1ccccc1Br)C(C)N. The Balaban J connectivity index is 3.04. The maximum atomic E-state index is 6.18. The zero-order chi connectivity index (χ0) is 12.8. The van der Waals surface area contributed by atoms with E-state index in [0.717, 1.165) is 24.0 Å². The minimum absolute atomic E-state index is 0.125. The van der Waals surface area contributed by atoms with Gasteiger partial charge in [0.2, 0.25) is 0 Å². The Morgan fingerprint density at radius 2 is 1.94 bits per heavy atom. The van der Waals surface area contributed by atoms with E-state index in [9.17, 15) is 0 Å². The topological polar surface area (TPSA) is 29.3 Å². The quantitative estimate of drug-likeness (QED) is 0.870. The first-order chi connectivity index (χ1) is 8.11. The first-order valence-corrected chi connectivity index (χ1v) is 7.15. The van der Waals surface area contributed by atoms with Crippen LogP contribution < -0.4 is 5.73 Å². The molecule has 0 amide bonds. The van der Waals surface area contributed by atoms with E-state index in [1.807, 2.05) is 6.07 Å². The molecule has 2 N–H and O–H groups in total. The van der Waals surface area contributed by atoms with E-state index in [1.54, 1.807) is 0 Å². The van der Waals surface area contributed by atoms with Crippen LogP contribution in [0.5, 0.6) is 0 Å². The van der Waals surface area contributed by atoms with Crippen LogP contribution in [0.3, 0.4) is 0 Å². The summed E-state index contributed by atoms with van der Waals surface area (Å²) < 4.78 is 1.15. The zero-order valence-electron chi connectivity index (χ0n) is 11.0. The van der Waals surface area contributed by atoms with Gasteiger partial charge in [0, 0.05) is 10.5 Å². The Morgan fingerprint density at radius 3 is 2.41 bits per heavy atom. The molecule has 0 bridgehead atoms. The zero-order valence-corrected chi connectivity index (χ0v) is 12.6. The summed E-state index contributed by atoms with van der Waals surface area (Å²) in [6.45, 7) is 8.61. The van der Waals surface area contributed by atoms with Crippen LogP contribution in [0, 0.1) is 0 Å². The highest BCUT2D eigenvalue weighted by Gasteiger charge is 2.23. The highest BCUT2D eigenvalue weighted by atomic mass is 79.9. The predicted molar refractivity (Wildman–Crippen MR) is 78.1 cm³/mol. The predicted octanol–water partition coefficient (Wildman–Crippen LogP) is 3.57. The highest BCUT2D eigenvalue weighted by Crippen LogP contribution is 2.29. The van der Waals surface area contributed by atoms with E-state index in [0.29, 0.717) is 0 Å². The Morgan fingerprint density at radius 1 is 1.29 bits per heavy atom. The van der Waals surface area contributed by atoms with E-state index in [1.165, 1.54) is 5.56 Å². The summed E-state index contributed by atoms with van der Waals surface area (Å²) in [5.74, 6) is 0. The fraction of sp³-hybridized carbons (Fsp3) is 0.571. The fourth-order valence-corrected chi connectivity index (χ4v) is 2.83. The molecule has 0 aliphatic rings. The lowest BCUT2D eigenvalue weighted by atomic mass is 9.99. The molecule has 1 aromatic rings. The summed E-state index contributed by atoms with van der Waals surface area (Å²) >= 11 is 3.63. The molecular formula is C14H23BrN2. The molecule has 2 unspecified atom stereocenters. The molecule has 0 radical (unpaired) electrons. The maximum absolute atomic E-state index is 6.18. The second-order valence-corrected chi connectivity index (χ2v) is 5.31. The van der Waals surface area contributed by atoms with Crippen molar-refractivity contribution < 1.29 is 0 Å². The molecule has 2 nitrogen and oxygen atoms in total. The van der Waals surface area contributed by atoms with Crippen molar-refractivity contribution >= 4 is 15.9 Å². The summed E-state index contributed by atoms with van der Waals surface area (Å²) in [5.41, 5.74) is 7.47. The number of likely N-dealkylation sites (N-methyl/N-ethyl adjacent to an activating group) is 1. The van der Waals surface area contributed by atoms with Gasteiger partial charge in [-0.3, -0.25) is 4.90 Å². The number of hydrogen-bond acceptors (Lipinski definition) is 2. The number of nitrogens with zero attached hydrogens (tertiary/aromatic N) is 1. The number of nitrogens with two attached hydrogens (primary N) is 1. The Kier molecular flexibility index (Phi) is 6.17. The fourth-order valence-electron chi connectivity index (χ4n) is 2.31. The molecule has 17 heavy (non-hydrogen) atoms. The van der Waals surface area contributed by atoms with Crippen molar-refractivity contribution in [3.63, 3.8) is 0 Å². The average Bonchev–Trinajstić information content (AvgIpc) is 2.30. The minimum atomic E-state index is 0.125. The largest absolute Gasteiger partial charge is 0.326 e. The summed E-state index contributed by atoms with van der Waals surface area (Å²) in [5, 5.41) is 0. The number of benzene rings is 1. The van der Waals surface area contributed by atoms with E-state index in [2.05, 4.69) is 59.8 Å². The molecule has 0 aliphatic heterocycles. The van der Waals surface area contributed by atoms with Gasteiger partial charge in [-0.25, -0.2) is 0 Å². The Hall–Kier alpha value is -0.380. The highest BCUT2D eigenvalue weighted by molar-refractivity contribution is 9.10. The molecule has 96 valence electrons. The van der Waals surface area contributed by atoms with Crippen molar-refractivity contribution in [2.24, 2.45) is 5.73 Å². The Bertz CT molecular complexity index is 339. The van der Waals surface area contributed by atoms with Gasteiger partial charge in [0.05, 0.1) is 6.04 Å². The summed E-state index contributed by atoms with van der Waals surface area (Å²) in [6.07, 6.45) is 1.15. The van der Waals surface area contributed by atoms with Crippen LogP contribution in [-0.2, 0) is 0 Å². The van der Waals surface area contributed by atoms with Gasteiger partial charge in [0.25, 0.3) is 0 Å². The molecule has 1 rings (SSSR count). The number of halogens is 1. The van der Waals surface area contributed by atoms with Gasteiger partial charge >= 0.3 is 0 Å². The molecule has 0 heterocycles. The average molecular weight is 299 g/mol. The van der Waals surface area contributed by atoms with Crippen molar-refractivity contribution in [3.05, 3.63) is 34.3 Å². The molecule has 0 saturated heterocycles. The molecule has 0 aromatic heterocycles. The van der Waals surface area contributed by atoms with E-state index < -0.39 is 0 Å². The third-order valence-corrected chi connectivity index (χ3v) is 3.75. The van der Waals surface area contributed by atoms with Crippen LogP contribution in [0.25, 0.3) is 0 Å². The lowest BCUT2D eigenvalue weighted by Crippen LogP contribution is -2.40. The maximum Gasteiger partial charge on any atom is 0.0507 e. The monoisotopic (exact) mass is 298 g/mol. The molecule has 1 aromatic carbocycles. The Labute approximate surface area is 113 Å². The lowest BCUT2D eigenvalue weighted by Gasteiger charge is -2.34. The third kappa shape index (κ3) is 3.80. The van der Waals surface area contributed by atoms with E-state index >= 15 is 0 Å².